The van der Waals surface area contributed by atoms with Gasteiger partial charge in [-0.1, -0.05) is 0 Å². The van der Waals surface area contributed by atoms with E-state index in [-0.39, 0.29) is 27.2 Å². The zero-order valence-electron chi connectivity index (χ0n) is 12.7. The lowest BCUT2D eigenvalue weighted by Crippen LogP contribution is -2.11. The maximum atomic E-state index is 12.3. The van der Waals surface area contributed by atoms with Crippen molar-refractivity contribution in [3.8, 4) is 5.75 Å². The SMILES string of the molecule is NS(=O)(=O)c1ccc(N/N=C/c2coc3cc(O)ccc3c2=O)cc1. The molecule has 25 heavy (non-hydrogen) atoms. The summed E-state index contributed by atoms with van der Waals surface area (Å²) in [5.41, 5.74) is 3.37. The normalized spacial score (nSPS) is 11.9. The monoisotopic (exact) mass is 359 g/mol. The topological polar surface area (TPSA) is 135 Å². The molecule has 0 radical (unpaired) electrons. The van der Waals surface area contributed by atoms with E-state index in [1.807, 2.05) is 0 Å². The summed E-state index contributed by atoms with van der Waals surface area (Å²) in [5.74, 6) is 0.00155. The minimum Gasteiger partial charge on any atom is -0.508 e. The van der Waals surface area contributed by atoms with E-state index in [2.05, 4.69) is 10.5 Å². The Balaban J connectivity index is 1.81. The second-order valence-corrected chi connectivity index (χ2v) is 6.70. The summed E-state index contributed by atoms with van der Waals surface area (Å²) in [4.78, 5) is 12.3. The van der Waals surface area contributed by atoms with Gasteiger partial charge >= 0.3 is 0 Å². The molecule has 0 fully saturated rings. The van der Waals surface area contributed by atoms with Gasteiger partial charge in [0.2, 0.25) is 15.5 Å². The maximum Gasteiger partial charge on any atom is 0.238 e. The highest BCUT2D eigenvalue weighted by Gasteiger charge is 2.07. The molecule has 0 saturated heterocycles. The van der Waals surface area contributed by atoms with Gasteiger partial charge in [0.15, 0.2) is 0 Å². The Morgan fingerprint density at radius 3 is 2.56 bits per heavy atom. The molecule has 0 aliphatic heterocycles. The van der Waals surface area contributed by atoms with E-state index in [1.54, 1.807) is 0 Å². The Hall–Kier alpha value is -3.17. The number of fused-ring (bicyclic) bond motifs is 1. The van der Waals surface area contributed by atoms with Crippen LogP contribution in [0.25, 0.3) is 11.0 Å². The molecule has 1 heterocycles. The Labute approximate surface area is 142 Å². The summed E-state index contributed by atoms with van der Waals surface area (Å²) in [6.07, 6.45) is 2.52. The van der Waals surface area contributed by atoms with E-state index in [0.717, 1.165) is 0 Å². The van der Waals surface area contributed by atoms with Gasteiger partial charge in [0.25, 0.3) is 0 Å². The molecule has 3 aromatic rings. The first-order valence-corrected chi connectivity index (χ1v) is 8.56. The number of hydrogen-bond donors (Lipinski definition) is 3. The summed E-state index contributed by atoms with van der Waals surface area (Å²) >= 11 is 0. The number of hydrazone groups is 1. The summed E-state index contributed by atoms with van der Waals surface area (Å²) in [5, 5.41) is 18.6. The van der Waals surface area contributed by atoms with Gasteiger partial charge in [-0.25, -0.2) is 13.6 Å². The van der Waals surface area contributed by atoms with Crippen molar-refractivity contribution in [3.05, 3.63) is 64.5 Å². The maximum absolute atomic E-state index is 12.3. The van der Waals surface area contributed by atoms with Gasteiger partial charge in [-0.3, -0.25) is 10.2 Å². The van der Waals surface area contributed by atoms with Crippen molar-refractivity contribution < 1.29 is 17.9 Å². The van der Waals surface area contributed by atoms with Crippen LogP contribution in [0.5, 0.6) is 5.75 Å². The van der Waals surface area contributed by atoms with E-state index in [0.29, 0.717) is 11.1 Å². The number of hydrogen-bond acceptors (Lipinski definition) is 7. The molecule has 128 valence electrons. The van der Waals surface area contributed by atoms with Crippen LogP contribution in [0.1, 0.15) is 5.56 Å². The van der Waals surface area contributed by atoms with E-state index >= 15 is 0 Å². The van der Waals surface area contributed by atoms with Gasteiger partial charge < -0.3 is 9.52 Å². The number of phenols is 1. The Kier molecular flexibility index (Phi) is 4.26. The van der Waals surface area contributed by atoms with Crippen LogP contribution in [-0.2, 0) is 10.0 Å². The molecule has 0 aliphatic rings. The third-order valence-corrected chi connectivity index (χ3v) is 4.29. The second-order valence-electron chi connectivity index (χ2n) is 5.14. The van der Waals surface area contributed by atoms with E-state index in [9.17, 15) is 18.3 Å². The number of rotatable bonds is 4. The number of anilines is 1. The Morgan fingerprint density at radius 1 is 1.16 bits per heavy atom. The van der Waals surface area contributed by atoms with Crippen LogP contribution in [0.2, 0.25) is 0 Å². The van der Waals surface area contributed by atoms with Crippen molar-refractivity contribution in [1.82, 2.24) is 0 Å². The van der Waals surface area contributed by atoms with E-state index in [1.165, 1.54) is 54.9 Å². The molecule has 3 rings (SSSR count). The van der Waals surface area contributed by atoms with Gasteiger partial charge in [0.1, 0.15) is 17.6 Å². The molecule has 1 aromatic heterocycles. The first kappa shape index (κ1) is 16.7. The number of aromatic hydroxyl groups is 1. The van der Waals surface area contributed by atoms with Crippen LogP contribution in [0.15, 0.2) is 67.9 Å². The molecule has 8 nitrogen and oxygen atoms in total. The number of nitrogens with two attached hydrogens (primary N) is 1. The number of nitrogens with zero attached hydrogens (tertiary/aromatic N) is 1. The summed E-state index contributed by atoms with van der Waals surface area (Å²) in [7, 11) is -3.75. The lowest BCUT2D eigenvalue weighted by atomic mass is 10.2. The molecule has 4 N–H and O–H groups in total. The zero-order valence-corrected chi connectivity index (χ0v) is 13.5. The number of nitrogens with one attached hydrogen (secondary N) is 1. The van der Waals surface area contributed by atoms with E-state index in [4.69, 9.17) is 9.56 Å². The average molecular weight is 359 g/mol. The van der Waals surface area contributed by atoms with Crippen LogP contribution in [0, 0.1) is 0 Å². The van der Waals surface area contributed by atoms with Gasteiger partial charge in [-0.15, -0.1) is 0 Å². The first-order valence-electron chi connectivity index (χ1n) is 7.01. The zero-order chi connectivity index (χ0) is 18.0. The van der Waals surface area contributed by atoms with Crippen molar-refractivity contribution in [2.45, 2.75) is 4.90 Å². The average Bonchev–Trinajstić information content (AvgIpc) is 2.56. The molecule has 0 aliphatic carbocycles. The van der Waals surface area contributed by atoms with Crippen LogP contribution in [0.4, 0.5) is 5.69 Å². The lowest BCUT2D eigenvalue weighted by Gasteiger charge is -2.02. The van der Waals surface area contributed by atoms with Gasteiger partial charge in [-0.2, -0.15) is 5.10 Å². The van der Waals surface area contributed by atoms with E-state index < -0.39 is 10.0 Å². The van der Waals surface area contributed by atoms with Crippen LogP contribution in [-0.4, -0.2) is 19.7 Å². The van der Waals surface area contributed by atoms with Crippen molar-refractivity contribution >= 4 is 32.9 Å². The quantitative estimate of drug-likeness (QED) is 0.478. The largest absolute Gasteiger partial charge is 0.508 e. The standard InChI is InChI=1S/C16H13N3O5S/c17-25(22,23)13-4-1-11(2-5-13)19-18-8-10-9-24-15-7-12(20)3-6-14(15)16(10)21/h1-9,19-20H,(H2,17,22,23)/b18-8+. The third-order valence-electron chi connectivity index (χ3n) is 3.37. The fourth-order valence-electron chi connectivity index (χ4n) is 2.12. The van der Waals surface area contributed by atoms with Crippen molar-refractivity contribution in [2.75, 3.05) is 5.43 Å². The molecule has 0 spiro atoms. The van der Waals surface area contributed by atoms with Crippen LogP contribution in [0.3, 0.4) is 0 Å². The van der Waals surface area contributed by atoms with Gasteiger partial charge in [0.05, 0.1) is 27.7 Å². The molecule has 0 atom stereocenters. The molecule has 0 unspecified atom stereocenters. The molecular formula is C16H13N3O5S. The summed E-state index contributed by atoms with van der Waals surface area (Å²) in [6, 6.07) is 9.86. The molecule has 9 heteroatoms. The van der Waals surface area contributed by atoms with Gasteiger partial charge in [-0.05, 0) is 36.4 Å². The highest BCUT2D eigenvalue weighted by atomic mass is 32.2. The molecule has 2 aromatic carbocycles. The molecular weight excluding hydrogens is 346 g/mol. The van der Waals surface area contributed by atoms with Gasteiger partial charge in [0, 0.05) is 6.07 Å². The second kappa shape index (κ2) is 6.38. The van der Waals surface area contributed by atoms with Crippen molar-refractivity contribution in [2.24, 2.45) is 10.2 Å². The minimum atomic E-state index is -3.75. The summed E-state index contributed by atoms with van der Waals surface area (Å²) in [6.45, 7) is 0. The molecule has 0 amide bonds. The number of phenolic OH excluding ortho intramolecular Hbond substituents is 1. The molecule has 0 saturated carbocycles. The van der Waals surface area contributed by atoms with Crippen LogP contribution < -0.4 is 16.0 Å². The predicted octanol–water partition coefficient (Wildman–Crippen LogP) is 1.59. The lowest BCUT2D eigenvalue weighted by molar-refractivity contribution is 0.474. The van der Waals surface area contributed by atoms with Crippen molar-refractivity contribution in [3.63, 3.8) is 0 Å². The first-order chi connectivity index (χ1) is 11.8. The predicted molar refractivity (Wildman–Crippen MR) is 93.2 cm³/mol. The summed E-state index contributed by atoms with van der Waals surface area (Å²) < 4.78 is 27.7. The third kappa shape index (κ3) is 3.67. The highest BCUT2D eigenvalue weighted by molar-refractivity contribution is 7.89. The molecule has 0 bridgehead atoms. The minimum absolute atomic E-state index is 0.00155. The number of primary sulfonamides is 1. The number of benzene rings is 2. The number of sulfonamides is 1. The smallest absolute Gasteiger partial charge is 0.238 e. The van der Waals surface area contributed by atoms with Crippen LogP contribution >= 0.6 is 0 Å². The Morgan fingerprint density at radius 2 is 1.88 bits per heavy atom. The van der Waals surface area contributed by atoms with Crippen molar-refractivity contribution in [1.29, 1.82) is 0 Å². The highest BCUT2D eigenvalue weighted by Crippen LogP contribution is 2.17. The fourth-order valence-corrected chi connectivity index (χ4v) is 2.63. The Bertz CT molecular complexity index is 1120. The fraction of sp³-hybridized carbons (Fsp3) is 0.